The number of aliphatic hydroxyl groups excluding tert-OH is 5. The van der Waals surface area contributed by atoms with Crippen molar-refractivity contribution in [1.82, 2.24) is 0 Å². The van der Waals surface area contributed by atoms with E-state index in [4.69, 9.17) is 29.0 Å². The van der Waals surface area contributed by atoms with Crippen molar-refractivity contribution in [2.45, 2.75) is 0 Å². The Morgan fingerprint density at radius 3 is 0.667 bits per heavy atom. The van der Waals surface area contributed by atoms with Crippen LogP contribution in [0.5, 0.6) is 0 Å². The molecule has 0 aromatic heterocycles. The zero-order valence-corrected chi connectivity index (χ0v) is 20.8. The molecule has 0 aliphatic heterocycles. The summed E-state index contributed by atoms with van der Waals surface area (Å²) in [6.45, 7) is 0. The van der Waals surface area contributed by atoms with Gasteiger partial charge in [-0.15, -0.1) is 0 Å². The molecule has 0 rings (SSSR count). The van der Waals surface area contributed by atoms with Crippen molar-refractivity contribution in [2.24, 2.45) is 0 Å². The van der Waals surface area contributed by atoms with Crippen LogP contribution in [0.3, 0.4) is 0 Å². The fraction of sp³-hybridized carbons (Fsp3) is 1.00. The zero-order valence-electron chi connectivity index (χ0n) is 13.9. The summed E-state index contributed by atoms with van der Waals surface area (Å²) in [5.74, 6) is 0. The molecule has 10 nitrogen and oxygen atoms in total. The van der Waals surface area contributed by atoms with Crippen LogP contribution < -0.4 is 0 Å². The molecule has 0 aromatic carbocycles. The van der Waals surface area contributed by atoms with Crippen molar-refractivity contribution in [2.75, 3.05) is 56.9 Å². The van der Waals surface area contributed by atoms with E-state index in [1.165, 1.54) is 21.3 Å². The third kappa shape index (κ3) is 72.7. The van der Waals surface area contributed by atoms with Crippen LogP contribution in [0.2, 0.25) is 0 Å². The van der Waals surface area contributed by atoms with Crippen LogP contribution in [0.1, 0.15) is 0 Å². The van der Waals surface area contributed by atoms with Crippen LogP contribution >= 0.6 is 0 Å². The molecule has 0 unspecified atom stereocenters. The molecule has 13 heteroatoms. The van der Waals surface area contributed by atoms with E-state index >= 15 is 0 Å². The molecule has 21 heavy (non-hydrogen) atoms. The minimum atomic E-state index is -3.84. The normalized spacial score (nSPS) is 6.00. The minimum Gasteiger partial charge on any atom is -0.412 e. The summed E-state index contributed by atoms with van der Waals surface area (Å²) in [5.41, 5.74) is 0. The molecule has 8 N–H and O–H groups in total. The summed E-state index contributed by atoms with van der Waals surface area (Å²) < 4.78 is 22.7. The summed E-state index contributed by atoms with van der Waals surface area (Å²) in [7, 11) is 9.09. The van der Waals surface area contributed by atoms with Crippen molar-refractivity contribution in [3.05, 3.63) is 0 Å². The SMILES string of the molecule is CO.CO.CO.CO.CO.C[O][Sn]([OH])([O]C)[O]C.O.[Ti].[Zr]. The Kier molecular flexibility index (Phi) is 217. The Labute approximate surface area is 167 Å². The average Bonchev–Trinajstić information content (AvgIpc) is 2.56. The van der Waals surface area contributed by atoms with Gasteiger partial charge >= 0.3 is 54.0 Å². The van der Waals surface area contributed by atoms with E-state index in [2.05, 4.69) is 9.22 Å². The van der Waals surface area contributed by atoms with Crippen LogP contribution in [-0.2, 0) is 57.1 Å². The van der Waals surface area contributed by atoms with Crippen LogP contribution in [0.25, 0.3) is 0 Å². The molecule has 136 valence electrons. The first-order valence-corrected chi connectivity index (χ1v) is 9.07. The van der Waals surface area contributed by atoms with E-state index in [-0.39, 0.29) is 53.4 Å². The first-order chi connectivity index (χ1) is 8.68. The van der Waals surface area contributed by atoms with E-state index in [0.717, 1.165) is 35.5 Å². The third-order valence-corrected chi connectivity index (χ3v) is 5.19. The second kappa shape index (κ2) is 80.2. The van der Waals surface area contributed by atoms with Gasteiger partial charge in [0.2, 0.25) is 0 Å². The van der Waals surface area contributed by atoms with Gasteiger partial charge in [-0.2, -0.15) is 0 Å². The number of hydrogen-bond acceptors (Lipinski definition) is 9. The van der Waals surface area contributed by atoms with Gasteiger partial charge in [0.1, 0.15) is 0 Å². The molecule has 0 atom stereocenters. The molecule has 0 aliphatic carbocycles. The second-order valence-corrected chi connectivity index (χ2v) is 7.62. The smallest absolute Gasteiger partial charge is 0 e. The van der Waals surface area contributed by atoms with Crippen molar-refractivity contribution < 1.29 is 91.6 Å². The van der Waals surface area contributed by atoms with E-state index in [9.17, 15) is 0 Å². The molecule has 0 aliphatic rings. The van der Waals surface area contributed by atoms with Crippen molar-refractivity contribution in [3.8, 4) is 0 Å². The monoisotopic (exact) mass is 546 g/mol. The summed E-state index contributed by atoms with van der Waals surface area (Å²) in [6, 6.07) is 0. The molecular formula is C8H32O10SnTiZr. The zero-order chi connectivity index (χ0) is 16.6. The van der Waals surface area contributed by atoms with Crippen LogP contribution in [0.15, 0.2) is 0 Å². The molecule has 0 radical (unpaired) electrons. The first kappa shape index (κ1) is 56.8. The van der Waals surface area contributed by atoms with Gasteiger partial charge in [0.15, 0.2) is 0 Å². The largest absolute Gasteiger partial charge is 0.412 e. The van der Waals surface area contributed by atoms with Gasteiger partial charge in [0, 0.05) is 83.5 Å². The van der Waals surface area contributed by atoms with Crippen LogP contribution in [-0.4, -0.2) is 111 Å². The number of hydrogen-bond donors (Lipinski definition) is 6. The Bertz CT molecular complexity index is 77.8. The summed E-state index contributed by atoms with van der Waals surface area (Å²) in [5, 5.41) is 35.0. The number of rotatable bonds is 3. The first-order valence-electron chi connectivity index (χ1n) is 4.30. The van der Waals surface area contributed by atoms with Gasteiger partial charge < -0.3 is 31.0 Å². The molecule has 0 saturated carbocycles. The summed E-state index contributed by atoms with van der Waals surface area (Å²) in [4.78, 5) is 0. The average molecular weight is 546 g/mol. The standard InChI is InChI=1S/5CH4O.3CH3O.2H2O.Sn.Ti.Zr/c8*1-2;;;;;/h5*2H,1H3;3*1H3;2*1H2;;;/q;;;;;3*-1;;;+4;;/p-1. The molecule has 0 spiro atoms. The molecule has 0 saturated heterocycles. The van der Waals surface area contributed by atoms with Crippen LogP contribution in [0.4, 0.5) is 0 Å². The Hall–Kier alpha value is 2.00. The maximum absolute atomic E-state index is 8.98. The molecule has 0 heterocycles. The predicted octanol–water partition coefficient (Wildman–Crippen LogP) is -3.43. The summed E-state index contributed by atoms with van der Waals surface area (Å²) in [6.07, 6.45) is 0. The van der Waals surface area contributed by atoms with Crippen molar-refractivity contribution >= 4 is 20.0 Å². The second-order valence-electron chi connectivity index (χ2n) is 1.14. The van der Waals surface area contributed by atoms with Gasteiger partial charge in [-0.05, 0) is 0 Å². The molecule has 0 amide bonds. The fourth-order valence-electron chi connectivity index (χ4n) is 0.250. The Balaban J connectivity index is -0.0000000137. The van der Waals surface area contributed by atoms with Gasteiger partial charge in [-0.3, -0.25) is 0 Å². The van der Waals surface area contributed by atoms with Gasteiger partial charge in [-0.1, -0.05) is 0 Å². The van der Waals surface area contributed by atoms with Gasteiger partial charge in [-0.25, -0.2) is 0 Å². The maximum Gasteiger partial charge on any atom is 0 e. The molecular weight excluding hydrogens is 514 g/mol. The molecule has 0 bridgehead atoms. The minimum absolute atomic E-state index is 0. The van der Waals surface area contributed by atoms with Crippen LogP contribution in [0, 0.1) is 0 Å². The van der Waals surface area contributed by atoms with Gasteiger partial charge in [0.05, 0.1) is 0 Å². The summed E-state index contributed by atoms with van der Waals surface area (Å²) >= 11 is -3.84. The molecule has 0 aromatic rings. The Morgan fingerprint density at radius 2 is 0.667 bits per heavy atom. The molecule has 0 fully saturated rings. The quantitative estimate of drug-likeness (QED) is 0.197. The number of aliphatic hydroxyl groups is 5. The fourth-order valence-corrected chi connectivity index (χ4v) is 1.68. The predicted molar refractivity (Wildman–Crippen MR) is 73.3 cm³/mol. The van der Waals surface area contributed by atoms with E-state index < -0.39 is 20.0 Å². The Morgan fingerprint density at radius 1 is 0.571 bits per heavy atom. The topological polar surface area (TPSA) is 181 Å². The van der Waals surface area contributed by atoms with E-state index in [1.54, 1.807) is 0 Å². The maximum atomic E-state index is 8.98. The van der Waals surface area contributed by atoms with E-state index in [1.807, 2.05) is 0 Å². The van der Waals surface area contributed by atoms with Crippen molar-refractivity contribution in [3.63, 3.8) is 0 Å². The third-order valence-electron chi connectivity index (χ3n) is 0.774. The van der Waals surface area contributed by atoms with Crippen molar-refractivity contribution in [1.29, 1.82) is 0 Å². The van der Waals surface area contributed by atoms with E-state index in [0.29, 0.717) is 0 Å². The van der Waals surface area contributed by atoms with Gasteiger partial charge in [0.25, 0.3) is 0 Å².